The molecule has 0 aromatic rings. The van der Waals surface area contributed by atoms with Gasteiger partial charge in [0, 0.05) is 124 Å². The van der Waals surface area contributed by atoms with Crippen LogP contribution in [0.1, 0.15) is 155 Å². The summed E-state index contributed by atoms with van der Waals surface area (Å²) in [6.07, 6.45) is 13.1. The van der Waals surface area contributed by atoms with E-state index in [2.05, 4.69) is 157 Å². The SMILES string of the molecule is C.CC(C)C1C[C@H]2CC[C@@H](C1)N2C.CC(C)N1C2CC1CN(C)C2.CC(C)N1CC2COCC(C1)N2C.CC1[C@@H]2CC[C@H]1CN(C(C)(C)C)C2.CN1CC2CCC(C1)N2C(C)(C)C. The Morgan fingerprint density at radius 2 is 0.905 bits per heavy atom. The summed E-state index contributed by atoms with van der Waals surface area (Å²) in [5.41, 5.74) is 0.758. The molecule has 0 spiro atoms. The Bertz CT molecular complexity index is 1290. The van der Waals surface area contributed by atoms with Crippen LogP contribution in [0.25, 0.3) is 0 Å². The summed E-state index contributed by atoms with van der Waals surface area (Å²) in [4.78, 5) is 20.7. The molecule has 12 atom stereocenters. The van der Waals surface area contributed by atoms with E-state index in [9.17, 15) is 0 Å². The number of ether oxygens (including phenoxy) is 1. The number of hydrogen-bond donors (Lipinski definition) is 0. The van der Waals surface area contributed by atoms with Gasteiger partial charge in [-0.05, 0) is 185 Å². The third-order valence-corrected chi connectivity index (χ3v) is 18.2. The normalized spacial score (nSPS) is 38.7. The van der Waals surface area contributed by atoms with Crippen molar-refractivity contribution in [2.45, 2.75) is 227 Å². The van der Waals surface area contributed by atoms with Crippen molar-refractivity contribution < 1.29 is 4.74 Å². The zero-order valence-corrected chi connectivity index (χ0v) is 44.1. The summed E-state index contributed by atoms with van der Waals surface area (Å²) in [6, 6.07) is 7.92. The van der Waals surface area contributed by atoms with Crippen LogP contribution >= 0.6 is 0 Å². The molecule has 0 aromatic carbocycles. The molecule has 11 aliphatic rings. The summed E-state index contributed by atoms with van der Waals surface area (Å²) in [5, 5.41) is 0. The van der Waals surface area contributed by atoms with Crippen LogP contribution < -0.4 is 0 Å². The predicted octanol–water partition coefficient (Wildman–Crippen LogP) is 8.67. The topological polar surface area (TPSA) is 35.2 Å². The van der Waals surface area contributed by atoms with E-state index in [1.165, 1.54) is 110 Å². The van der Waals surface area contributed by atoms with Gasteiger partial charge in [0.15, 0.2) is 0 Å². The zero-order valence-electron chi connectivity index (χ0n) is 44.1. The number of nitrogens with zero attached hydrogens (tertiary/aromatic N) is 8. The molecule has 10 aliphatic heterocycles. The Morgan fingerprint density at radius 3 is 1.30 bits per heavy atom. The Hall–Kier alpha value is -0.360. The van der Waals surface area contributed by atoms with Gasteiger partial charge in [0.25, 0.3) is 0 Å². The number of fused-ring (bicyclic) bond motifs is 10. The van der Waals surface area contributed by atoms with Crippen LogP contribution in [-0.2, 0) is 4.74 Å². The Morgan fingerprint density at radius 1 is 0.476 bits per heavy atom. The molecule has 1 saturated carbocycles. The average molecular weight is 886 g/mol. The fourth-order valence-electron chi connectivity index (χ4n) is 14.2. The van der Waals surface area contributed by atoms with Crippen molar-refractivity contribution in [3.63, 3.8) is 0 Å². The van der Waals surface area contributed by atoms with E-state index in [0.717, 1.165) is 85.1 Å². The minimum atomic E-state index is 0. The Balaban J connectivity index is 0.000000148. The summed E-state index contributed by atoms with van der Waals surface area (Å²) in [5.74, 6) is 4.91. The monoisotopic (exact) mass is 885 g/mol. The van der Waals surface area contributed by atoms with E-state index in [1.807, 2.05) is 0 Å². The lowest BCUT2D eigenvalue weighted by Gasteiger charge is -2.57. The molecule has 0 aromatic heterocycles. The molecular formula is C54H108N8O. The van der Waals surface area contributed by atoms with Crippen molar-refractivity contribution in [3.8, 4) is 0 Å². The fraction of sp³-hybridized carbons (Fsp3) is 1.00. The largest absolute Gasteiger partial charge is 0.378 e. The van der Waals surface area contributed by atoms with Crippen LogP contribution in [0, 0.1) is 29.6 Å². The second-order valence-electron chi connectivity index (χ2n) is 25.6. The van der Waals surface area contributed by atoms with Crippen LogP contribution in [-0.4, -0.2) is 204 Å². The first-order valence-electron chi connectivity index (χ1n) is 26.4. The van der Waals surface area contributed by atoms with E-state index in [1.54, 1.807) is 0 Å². The van der Waals surface area contributed by atoms with Crippen molar-refractivity contribution in [3.05, 3.63) is 0 Å². The zero-order chi connectivity index (χ0) is 45.4. The molecule has 9 heteroatoms. The van der Waals surface area contributed by atoms with E-state index < -0.39 is 0 Å². The van der Waals surface area contributed by atoms with Crippen LogP contribution in [0.5, 0.6) is 0 Å². The summed E-state index contributed by atoms with van der Waals surface area (Å²) < 4.78 is 5.57. The number of piperidine rings is 3. The van der Waals surface area contributed by atoms with Crippen LogP contribution in [0.3, 0.4) is 0 Å². The highest BCUT2D eigenvalue weighted by molar-refractivity contribution is 5.02. The molecule has 9 nitrogen and oxygen atoms in total. The van der Waals surface area contributed by atoms with Crippen molar-refractivity contribution in [2.75, 3.05) is 93.8 Å². The van der Waals surface area contributed by atoms with E-state index in [0.29, 0.717) is 29.2 Å². The molecule has 11 fully saturated rings. The van der Waals surface area contributed by atoms with E-state index in [4.69, 9.17) is 4.74 Å². The first-order valence-corrected chi connectivity index (χ1v) is 26.4. The molecule has 10 heterocycles. The van der Waals surface area contributed by atoms with Crippen molar-refractivity contribution >= 4 is 0 Å². The first-order chi connectivity index (χ1) is 29.0. The smallest absolute Gasteiger partial charge is 0.0635 e. The van der Waals surface area contributed by atoms with Crippen molar-refractivity contribution in [1.29, 1.82) is 0 Å². The van der Waals surface area contributed by atoms with Gasteiger partial charge in [-0.25, -0.2) is 0 Å². The minimum absolute atomic E-state index is 0. The molecule has 0 N–H and O–H groups in total. The number of morpholine rings is 1. The van der Waals surface area contributed by atoms with Gasteiger partial charge in [-0.1, -0.05) is 28.2 Å². The lowest BCUT2D eigenvalue weighted by atomic mass is 9.83. The molecule has 10 bridgehead atoms. The maximum Gasteiger partial charge on any atom is 0.0635 e. The molecule has 63 heavy (non-hydrogen) atoms. The highest BCUT2D eigenvalue weighted by Crippen LogP contribution is 2.43. The lowest BCUT2D eigenvalue weighted by Crippen LogP contribution is -2.69. The second-order valence-corrected chi connectivity index (χ2v) is 25.6. The third kappa shape index (κ3) is 13.2. The van der Waals surface area contributed by atoms with Crippen molar-refractivity contribution in [2.24, 2.45) is 29.6 Å². The van der Waals surface area contributed by atoms with Gasteiger partial charge in [-0.15, -0.1) is 0 Å². The average Bonchev–Trinajstić information content (AvgIpc) is 3.61. The van der Waals surface area contributed by atoms with Gasteiger partial charge < -0.3 is 19.4 Å². The van der Waals surface area contributed by atoms with Gasteiger partial charge in [0.2, 0.25) is 0 Å². The molecule has 1 aliphatic carbocycles. The van der Waals surface area contributed by atoms with E-state index >= 15 is 0 Å². The van der Waals surface area contributed by atoms with Gasteiger partial charge in [0.05, 0.1) is 13.2 Å². The fourth-order valence-corrected chi connectivity index (χ4v) is 14.2. The highest BCUT2D eigenvalue weighted by Gasteiger charge is 2.46. The summed E-state index contributed by atoms with van der Waals surface area (Å²) in [6.45, 7) is 42.5. The molecule has 8 unspecified atom stereocenters. The summed E-state index contributed by atoms with van der Waals surface area (Å²) >= 11 is 0. The number of likely N-dealkylation sites (N-methyl/N-ethyl adjacent to an activating group) is 3. The second kappa shape index (κ2) is 22.4. The predicted molar refractivity (Wildman–Crippen MR) is 271 cm³/mol. The lowest BCUT2D eigenvalue weighted by molar-refractivity contribution is -0.0910. The summed E-state index contributed by atoms with van der Waals surface area (Å²) in [7, 11) is 9.04. The van der Waals surface area contributed by atoms with Gasteiger partial charge in [0.1, 0.15) is 0 Å². The minimum Gasteiger partial charge on any atom is -0.378 e. The number of hydrogen-bond acceptors (Lipinski definition) is 9. The third-order valence-electron chi connectivity index (χ3n) is 18.2. The van der Waals surface area contributed by atoms with Crippen molar-refractivity contribution in [1.82, 2.24) is 39.2 Å². The maximum absolute atomic E-state index is 5.57. The highest BCUT2D eigenvalue weighted by atomic mass is 16.5. The Labute approximate surface area is 392 Å². The van der Waals surface area contributed by atoms with Crippen LogP contribution in [0.2, 0.25) is 0 Å². The molecule has 10 saturated heterocycles. The van der Waals surface area contributed by atoms with Crippen LogP contribution in [0.4, 0.5) is 0 Å². The molecule has 370 valence electrons. The number of rotatable bonds is 3. The first kappa shape index (κ1) is 53.6. The number of piperazine rings is 3. The molecule has 11 rings (SSSR count). The van der Waals surface area contributed by atoms with Gasteiger partial charge >= 0.3 is 0 Å². The molecule has 0 amide bonds. The Kier molecular flexibility index (Phi) is 19.0. The molecular weight excluding hydrogens is 777 g/mol. The maximum atomic E-state index is 5.57. The van der Waals surface area contributed by atoms with E-state index in [-0.39, 0.29) is 7.43 Å². The van der Waals surface area contributed by atoms with Crippen LogP contribution in [0.15, 0.2) is 0 Å². The molecule has 0 radical (unpaired) electrons. The standard InChI is InChI=1S/C12H23N.C11H22N2.C11H21N.C10H20N2O.C9H18N2.CH4/c1-9-10-5-6-11(9)8-13(7-10)12(2,3)4;1-11(2,3)13-9-5-6-10(13)8-12(4)7-9;1-8(2)9-6-10-4-5-11(7-9)12(10)3;1-8(2)12-4-9-6-13-7-10(5-12)11(9)3;1-7(2)11-8-4-9(11)6-10(3)5-8;/h9-11H,5-8H2,1-4H3;9-10H,5-8H2,1-4H3;8-11H,4-7H2,1-3H3;8-10H,4-7H2,1-3H3;7-9H,4-6H2,1-3H3;1H4/t9?,10-,11+;;9?,10-,11+;;;. The van der Waals surface area contributed by atoms with Gasteiger partial charge in [-0.3, -0.25) is 24.5 Å². The van der Waals surface area contributed by atoms with Gasteiger partial charge in [-0.2, -0.15) is 0 Å². The number of likely N-dealkylation sites (tertiary alicyclic amines) is 2. The quantitative estimate of drug-likeness (QED) is 0.277.